The van der Waals surface area contributed by atoms with Crippen LogP contribution in [0, 0.1) is 10.5 Å². The van der Waals surface area contributed by atoms with Crippen molar-refractivity contribution < 1.29 is 0 Å². The molecule has 1 aromatic heterocycles. The number of anilines is 1. The van der Waals surface area contributed by atoms with Gasteiger partial charge in [-0.1, -0.05) is 6.07 Å². The van der Waals surface area contributed by atoms with Crippen LogP contribution in [0.4, 0.5) is 5.69 Å². The summed E-state index contributed by atoms with van der Waals surface area (Å²) < 4.78 is 3.43. The Kier molecular flexibility index (Phi) is 4.04. The maximum Gasteiger partial charge on any atom is 0.128 e. The molecule has 0 fully saturated rings. The van der Waals surface area contributed by atoms with E-state index in [0.29, 0.717) is 0 Å². The van der Waals surface area contributed by atoms with Gasteiger partial charge in [-0.15, -0.1) is 0 Å². The third kappa shape index (κ3) is 3.00. The highest BCUT2D eigenvalue weighted by Crippen LogP contribution is 2.17. The van der Waals surface area contributed by atoms with Gasteiger partial charge in [-0.2, -0.15) is 0 Å². The van der Waals surface area contributed by atoms with Gasteiger partial charge in [0.25, 0.3) is 0 Å². The molecule has 90 valence electrons. The Hall–Kier alpha value is -1.04. The summed E-state index contributed by atoms with van der Waals surface area (Å²) in [7, 11) is 0. The van der Waals surface area contributed by atoms with E-state index in [4.69, 9.17) is 0 Å². The minimum Gasteiger partial charge on any atom is -0.378 e. The van der Waals surface area contributed by atoms with Crippen molar-refractivity contribution in [2.24, 2.45) is 0 Å². The second-order valence-corrected chi connectivity index (χ2v) is 5.11. The zero-order valence-corrected chi connectivity index (χ0v) is 12.2. The first kappa shape index (κ1) is 12.4. The van der Waals surface area contributed by atoms with Crippen molar-refractivity contribution in [2.75, 3.05) is 5.32 Å². The molecule has 4 heteroatoms. The molecule has 2 rings (SSSR count). The van der Waals surface area contributed by atoms with E-state index in [1.54, 1.807) is 0 Å². The van der Waals surface area contributed by atoms with Crippen LogP contribution in [0.1, 0.15) is 18.3 Å². The lowest BCUT2D eigenvalue weighted by molar-refractivity contribution is 0.708. The highest BCUT2D eigenvalue weighted by molar-refractivity contribution is 14.1. The van der Waals surface area contributed by atoms with Crippen molar-refractivity contribution >= 4 is 28.3 Å². The van der Waals surface area contributed by atoms with E-state index < -0.39 is 0 Å². The van der Waals surface area contributed by atoms with Gasteiger partial charge in [0.2, 0.25) is 0 Å². The lowest BCUT2D eigenvalue weighted by Crippen LogP contribution is -2.07. The summed E-state index contributed by atoms with van der Waals surface area (Å²) in [6.45, 7) is 5.97. The van der Waals surface area contributed by atoms with Crippen molar-refractivity contribution in [3.8, 4) is 0 Å². The standard InChI is InChI=1S/C13H16IN3/c1-3-17-7-6-15-13(17)9-16-11-5-4-10(2)12(14)8-11/h4-8,16H,3,9H2,1-2H3. The summed E-state index contributed by atoms with van der Waals surface area (Å²) in [5.74, 6) is 1.07. The number of imidazole rings is 1. The molecular formula is C13H16IN3. The van der Waals surface area contributed by atoms with Gasteiger partial charge in [-0.25, -0.2) is 4.98 Å². The Morgan fingerprint density at radius 2 is 2.24 bits per heavy atom. The zero-order chi connectivity index (χ0) is 12.3. The molecule has 3 nitrogen and oxygen atoms in total. The normalized spacial score (nSPS) is 10.5. The molecular weight excluding hydrogens is 325 g/mol. The predicted molar refractivity (Wildman–Crippen MR) is 79.1 cm³/mol. The summed E-state index contributed by atoms with van der Waals surface area (Å²) >= 11 is 2.36. The maximum absolute atomic E-state index is 4.34. The lowest BCUT2D eigenvalue weighted by Gasteiger charge is -2.09. The van der Waals surface area contributed by atoms with E-state index in [0.717, 1.165) is 24.6 Å². The average Bonchev–Trinajstić information content (AvgIpc) is 2.78. The van der Waals surface area contributed by atoms with Gasteiger partial charge in [0, 0.05) is 28.2 Å². The second-order valence-electron chi connectivity index (χ2n) is 3.95. The van der Waals surface area contributed by atoms with Crippen molar-refractivity contribution in [2.45, 2.75) is 26.9 Å². The molecule has 0 amide bonds. The monoisotopic (exact) mass is 341 g/mol. The number of nitrogens with zero attached hydrogens (tertiary/aromatic N) is 2. The lowest BCUT2D eigenvalue weighted by atomic mass is 10.2. The minimum atomic E-state index is 0.764. The van der Waals surface area contributed by atoms with Crippen molar-refractivity contribution in [3.63, 3.8) is 0 Å². The highest BCUT2D eigenvalue weighted by atomic mass is 127. The van der Waals surface area contributed by atoms with Gasteiger partial charge in [-0.05, 0) is 54.1 Å². The number of aryl methyl sites for hydroxylation is 2. The molecule has 1 heterocycles. The molecule has 0 aliphatic carbocycles. The van der Waals surface area contributed by atoms with Gasteiger partial charge < -0.3 is 9.88 Å². The Morgan fingerprint density at radius 3 is 2.94 bits per heavy atom. The molecule has 0 bridgehead atoms. The third-order valence-corrected chi connectivity index (χ3v) is 3.93. The van der Waals surface area contributed by atoms with E-state index in [9.17, 15) is 0 Å². The fourth-order valence-electron chi connectivity index (χ4n) is 1.68. The molecule has 0 atom stereocenters. The number of hydrogen-bond donors (Lipinski definition) is 1. The molecule has 0 radical (unpaired) electrons. The average molecular weight is 341 g/mol. The van der Waals surface area contributed by atoms with Crippen LogP contribution in [0.15, 0.2) is 30.6 Å². The van der Waals surface area contributed by atoms with Crippen LogP contribution in [-0.2, 0) is 13.1 Å². The Balaban J connectivity index is 2.05. The van der Waals surface area contributed by atoms with Gasteiger partial charge >= 0.3 is 0 Å². The van der Waals surface area contributed by atoms with Crippen LogP contribution in [0.3, 0.4) is 0 Å². The van der Waals surface area contributed by atoms with E-state index in [2.05, 4.69) is 69.5 Å². The maximum atomic E-state index is 4.34. The molecule has 1 N–H and O–H groups in total. The minimum absolute atomic E-state index is 0.764. The Bertz CT molecular complexity index is 505. The molecule has 0 aliphatic rings. The Labute approximate surface area is 115 Å². The molecule has 0 aliphatic heterocycles. The van der Waals surface area contributed by atoms with Crippen molar-refractivity contribution in [1.29, 1.82) is 0 Å². The number of benzene rings is 1. The van der Waals surface area contributed by atoms with E-state index >= 15 is 0 Å². The number of rotatable bonds is 4. The SMILES string of the molecule is CCn1ccnc1CNc1ccc(C)c(I)c1. The van der Waals surface area contributed by atoms with Crippen molar-refractivity contribution in [1.82, 2.24) is 9.55 Å². The largest absolute Gasteiger partial charge is 0.378 e. The first-order valence-electron chi connectivity index (χ1n) is 5.70. The van der Waals surface area contributed by atoms with E-state index in [1.165, 1.54) is 9.13 Å². The smallest absolute Gasteiger partial charge is 0.128 e. The number of aromatic nitrogens is 2. The van der Waals surface area contributed by atoms with Crippen LogP contribution in [0.5, 0.6) is 0 Å². The van der Waals surface area contributed by atoms with Crippen LogP contribution < -0.4 is 5.32 Å². The van der Waals surface area contributed by atoms with Crippen LogP contribution in [0.25, 0.3) is 0 Å². The summed E-state index contributed by atoms with van der Waals surface area (Å²) in [5, 5.41) is 3.40. The summed E-state index contributed by atoms with van der Waals surface area (Å²) in [6, 6.07) is 6.41. The fourth-order valence-corrected chi connectivity index (χ4v) is 2.19. The third-order valence-electron chi connectivity index (χ3n) is 2.76. The summed E-state index contributed by atoms with van der Waals surface area (Å²) in [6.07, 6.45) is 3.86. The first-order valence-corrected chi connectivity index (χ1v) is 6.78. The molecule has 17 heavy (non-hydrogen) atoms. The number of hydrogen-bond acceptors (Lipinski definition) is 2. The fraction of sp³-hybridized carbons (Fsp3) is 0.308. The molecule has 0 unspecified atom stereocenters. The number of halogens is 1. The molecule has 0 saturated heterocycles. The topological polar surface area (TPSA) is 29.9 Å². The quantitative estimate of drug-likeness (QED) is 0.864. The Morgan fingerprint density at radius 1 is 1.41 bits per heavy atom. The van der Waals surface area contributed by atoms with Crippen LogP contribution in [-0.4, -0.2) is 9.55 Å². The molecule has 0 spiro atoms. The summed E-state index contributed by atoms with van der Waals surface area (Å²) in [5.41, 5.74) is 2.46. The highest BCUT2D eigenvalue weighted by Gasteiger charge is 2.01. The van der Waals surface area contributed by atoms with Crippen LogP contribution in [0.2, 0.25) is 0 Å². The molecule has 0 saturated carbocycles. The van der Waals surface area contributed by atoms with Gasteiger partial charge in [0.05, 0.1) is 6.54 Å². The summed E-state index contributed by atoms with van der Waals surface area (Å²) in [4.78, 5) is 4.34. The number of nitrogens with one attached hydrogen (secondary N) is 1. The first-order chi connectivity index (χ1) is 8.20. The molecule has 1 aromatic carbocycles. The predicted octanol–water partition coefficient (Wildman–Crippen LogP) is 3.43. The van der Waals surface area contributed by atoms with Gasteiger partial charge in [-0.3, -0.25) is 0 Å². The second kappa shape index (κ2) is 5.53. The van der Waals surface area contributed by atoms with Gasteiger partial charge in [0.15, 0.2) is 0 Å². The van der Waals surface area contributed by atoms with E-state index in [-0.39, 0.29) is 0 Å². The van der Waals surface area contributed by atoms with E-state index in [1.807, 2.05) is 12.4 Å². The zero-order valence-electron chi connectivity index (χ0n) is 10.1. The van der Waals surface area contributed by atoms with Gasteiger partial charge in [0.1, 0.15) is 5.82 Å². The van der Waals surface area contributed by atoms with Crippen molar-refractivity contribution in [3.05, 3.63) is 45.6 Å². The molecule has 2 aromatic rings. The van der Waals surface area contributed by atoms with Crippen LogP contribution >= 0.6 is 22.6 Å².